The summed E-state index contributed by atoms with van der Waals surface area (Å²) in [7, 11) is 0. The van der Waals surface area contributed by atoms with Crippen LogP contribution in [0.3, 0.4) is 0 Å². The van der Waals surface area contributed by atoms with Crippen LogP contribution >= 0.6 is 0 Å². The molecule has 1 aromatic heterocycles. The standard InChI is InChI=1S/C11H13N3O4/c1-6(7-2-3-7)13-10-9(14(17)18)4-8(5-12-10)11(15)16/h4-7H,2-3H2,1H3,(H,12,13)(H,15,16). The van der Waals surface area contributed by atoms with E-state index in [9.17, 15) is 14.9 Å². The number of anilines is 1. The van der Waals surface area contributed by atoms with E-state index >= 15 is 0 Å². The molecule has 1 atom stereocenters. The Bertz CT molecular complexity index is 499. The Morgan fingerprint density at radius 2 is 2.33 bits per heavy atom. The van der Waals surface area contributed by atoms with E-state index < -0.39 is 10.9 Å². The molecule has 0 bridgehead atoms. The predicted molar refractivity (Wildman–Crippen MR) is 63.7 cm³/mol. The van der Waals surface area contributed by atoms with Crippen molar-refractivity contribution in [2.24, 2.45) is 5.92 Å². The minimum absolute atomic E-state index is 0.104. The Morgan fingerprint density at radius 1 is 1.67 bits per heavy atom. The minimum Gasteiger partial charge on any atom is -0.478 e. The smallest absolute Gasteiger partial charge is 0.337 e. The van der Waals surface area contributed by atoms with Crippen LogP contribution in [0.4, 0.5) is 11.5 Å². The summed E-state index contributed by atoms with van der Waals surface area (Å²) in [6.07, 6.45) is 3.33. The van der Waals surface area contributed by atoms with Gasteiger partial charge in [0.2, 0.25) is 5.82 Å². The Balaban J connectivity index is 2.27. The van der Waals surface area contributed by atoms with Crippen molar-refractivity contribution >= 4 is 17.5 Å². The van der Waals surface area contributed by atoms with Crippen LogP contribution in [0.5, 0.6) is 0 Å². The number of aromatic carboxylic acids is 1. The van der Waals surface area contributed by atoms with E-state index in [1.54, 1.807) is 0 Å². The molecule has 18 heavy (non-hydrogen) atoms. The monoisotopic (exact) mass is 251 g/mol. The molecule has 7 nitrogen and oxygen atoms in total. The highest BCUT2D eigenvalue weighted by atomic mass is 16.6. The number of aromatic nitrogens is 1. The maximum Gasteiger partial charge on any atom is 0.337 e. The van der Waals surface area contributed by atoms with Crippen LogP contribution in [0.25, 0.3) is 0 Å². The van der Waals surface area contributed by atoms with E-state index in [1.165, 1.54) is 0 Å². The molecule has 2 rings (SSSR count). The van der Waals surface area contributed by atoms with E-state index in [0.717, 1.165) is 25.1 Å². The van der Waals surface area contributed by atoms with Gasteiger partial charge in [-0.25, -0.2) is 9.78 Å². The Morgan fingerprint density at radius 3 is 2.83 bits per heavy atom. The lowest BCUT2D eigenvalue weighted by Crippen LogP contribution is -2.19. The van der Waals surface area contributed by atoms with Gasteiger partial charge in [0.05, 0.1) is 10.5 Å². The highest BCUT2D eigenvalue weighted by molar-refractivity contribution is 5.88. The number of nitrogens with zero attached hydrogens (tertiary/aromatic N) is 2. The summed E-state index contributed by atoms with van der Waals surface area (Å²) < 4.78 is 0. The van der Waals surface area contributed by atoms with Crippen LogP contribution in [0.15, 0.2) is 12.3 Å². The van der Waals surface area contributed by atoms with Crippen molar-refractivity contribution in [3.05, 3.63) is 27.9 Å². The number of carboxylic acids is 1. The Labute approximate surface area is 103 Å². The van der Waals surface area contributed by atoms with E-state index in [1.807, 2.05) is 6.92 Å². The molecule has 0 aliphatic heterocycles. The molecule has 0 amide bonds. The summed E-state index contributed by atoms with van der Waals surface area (Å²) in [4.78, 5) is 24.9. The number of hydrogen-bond donors (Lipinski definition) is 2. The third kappa shape index (κ3) is 2.55. The third-order valence-electron chi connectivity index (χ3n) is 3.00. The summed E-state index contributed by atoms with van der Waals surface area (Å²) in [6, 6.07) is 1.13. The summed E-state index contributed by atoms with van der Waals surface area (Å²) in [6.45, 7) is 1.94. The van der Waals surface area contributed by atoms with Crippen molar-refractivity contribution in [2.75, 3.05) is 5.32 Å². The molecule has 2 N–H and O–H groups in total. The average molecular weight is 251 g/mol. The quantitative estimate of drug-likeness (QED) is 0.611. The van der Waals surface area contributed by atoms with Gasteiger partial charge in [0.25, 0.3) is 0 Å². The summed E-state index contributed by atoms with van der Waals surface area (Å²) in [5, 5.41) is 22.6. The highest BCUT2D eigenvalue weighted by Gasteiger charge is 2.30. The molecule has 1 saturated carbocycles. The first-order valence-corrected chi connectivity index (χ1v) is 5.63. The van der Waals surface area contributed by atoms with Crippen LogP contribution in [0.1, 0.15) is 30.1 Å². The van der Waals surface area contributed by atoms with Crippen molar-refractivity contribution in [1.82, 2.24) is 4.98 Å². The molecule has 1 fully saturated rings. The normalized spacial score (nSPS) is 16.1. The van der Waals surface area contributed by atoms with Crippen molar-refractivity contribution in [2.45, 2.75) is 25.8 Å². The minimum atomic E-state index is -1.23. The van der Waals surface area contributed by atoms with Gasteiger partial charge in [-0.3, -0.25) is 10.1 Å². The molecular weight excluding hydrogens is 238 g/mol. The molecular formula is C11H13N3O4. The second-order valence-electron chi connectivity index (χ2n) is 4.42. The van der Waals surface area contributed by atoms with Crippen LogP contribution in [-0.2, 0) is 0 Å². The number of pyridine rings is 1. The lowest BCUT2D eigenvalue weighted by Gasteiger charge is -2.13. The molecule has 1 aliphatic carbocycles. The summed E-state index contributed by atoms with van der Waals surface area (Å²) >= 11 is 0. The van der Waals surface area contributed by atoms with E-state index in [-0.39, 0.29) is 23.1 Å². The van der Waals surface area contributed by atoms with Gasteiger partial charge in [-0.15, -0.1) is 0 Å². The molecule has 96 valence electrons. The van der Waals surface area contributed by atoms with Gasteiger partial charge < -0.3 is 10.4 Å². The van der Waals surface area contributed by atoms with Gasteiger partial charge in [-0.1, -0.05) is 0 Å². The fraction of sp³-hybridized carbons (Fsp3) is 0.455. The van der Waals surface area contributed by atoms with Crippen molar-refractivity contribution < 1.29 is 14.8 Å². The Hall–Kier alpha value is -2.18. The molecule has 0 radical (unpaired) electrons. The lowest BCUT2D eigenvalue weighted by molar-refractivity contribution is -0.384. The zero-order valence-electron chi connectivity index (χ0n) is 9.79. The lowest BCUT2D eigenvalue weighted by atomic mass is 10.2. The molecule has 1 heterocycles. The molecule has 1 aliphatic rings. The average Bonchev–Trinajstić information content (AvgIpc) is 3.12. The highest BCUT2D eigenvalue weighted by Crippen LogP contribution is 2.35. The molecule has 7 heteroatoms. The second kappa shape index (κ2) is 4.59. The largest absolute Gasteiger partial charge is 0.478 e. The first kappa shape index (κ1) is 12.3. The zero-order valence-corrected chi connectivity index (χ0v) is 9.79. The third-order valence-corrected chi connectivity index (χ3v) is 3.00. The van der Waals surface area contributed by atoms with Crippen molar-refractivity contribution in [3.63, 3.8) is 0 Å². The van der Waals surface area contributed by atoms with Gasteiger partial charge >= 0.3 is 11.7 Å². The maximum absolute atomic E-state index is 10.9. The SMILES string of the molecule is CC(Nc1ncc(C(=O)O)cc1[N+](=O)[O-])C1CC1. The van der Waals surface area contributed by atoms with Gasteiger partial charge in [0, 0.05) is 18.3 Å². The van der Waals surface area contributed by atoms with Gasteiger partial charge in [0.1, 0.15) is 0 Å². The number of nitrogens with one attached hydrogen (secondary N) is 1. The predicted octanol–water partition coefficient (Wildman–Crippen LogP) is 1.90. The molecule has 0 saturated heterocycles. The number of hydrogen-bond acceptors (Lipinski definition) is 5. The Kier molecular flexibility index (Phi) is 3.14. The van der Waals surface area contributed by atoms with Crippen molar-refractivity contribution in [1.29, 1.82) is 0 Å². The zero-order chi connectivity index (χ0) is 13.3. The van der Waals surface area contributed by atoms with Crippen LogP contribution in [-0.4, -0.2) is 27.0 Å². The van der Waals surface area contributed by atoms with Crippen LogP contribution in [0.2, 0.25) is 0 Å². The number of carboxylic acid groups (broad SMARTS) is 1. The number of rotatable bonds is 5. The van der Waals surface area contributed by atoms with Crippen molar-refractivity contribution in [3.8, 4) is 0 Å². The molecule has 1 aromatic rings. The summed E-state index contributed by atoms with van der Waals surface area (Å²) in [5.41, 5.74) is -0.492. The van der Waals surface area contributed by atoms with Crippen LogP contribution < -0.4 is 5.32 Å². The maximum atomic E-state index is 10.9. The topological polar surface area (TPSA) is 105 Å². The fourth-order valence-electron chi connectivity index (χ4n) is 1.75. The van der Waals surface area contributed by atoms with Gasteiger partial charge in [-0.2, -0.15) is 0 Å². The van der Waals surface area contributed by atoms with Gasteiger partial charge in [0.15, 0.2) is 0 Å². The fourth-order valence-corrected chi connectivity index (χ4v) is 1.75. The molecule has 1 unspecified atom stereocenters. The molecule has 0 spiro atoms. The number of nitro groups is 1. The van der Waals surface area contributed by atoms with Gasteiger partial charge in [-0.05, 0) is 25.7 Å². The van der Waals surface area contributed by atoms with Crippen LogP contribution in [0, 0.1) is 16.0 Å². The first-order valence-electron chi connectivity index (χ1n) is 5.63. The number of carbonyl (C=O) groups is 1. The van der Waals surface area contributed by atoms with E-state index in [4.69, 9.17) is 5.11 Å². The second-order valence-corrected chi connectivity index (χ2v) is 4.42. The van der Waals surface area contributed by atoms with E-state index in [2.05, 4.69) is 10.3 Å². The summed E-state index contributed by atoms with van der Waals surface area (Å²) in [5.74, 6) is -0.581. The van der Waals surface area contributed by atoms with E-state index in [0.29, 0.717) is 5.92 Å². The molecule has 0 aromatic carbocycles. The first-order chi connectivity index (χ1) is 8.49.